The van der Waals surface area contributed by atoms with Gasteiger partial charge in [0.25, 0.3) is 0 Å². The number of aliphatic hydroxyl groups is 1. The SMILES string of the molecule is CCCCCCCCCCCCC(COCCO)OS(=O)(=O)[O-].[O-2]. The van der Waals surface area contributed by atoms with E-state index in [1.807, 2.05) is 0 Å². The van der Waals surface area contributed by atoms with E-state index < -0.39 is 16.5 Å². The van der Waals surface area contributed by atoms with Crippen LogP contribution in [0, 0.1) is 0 Å². The molecule has 0 aromatic rings. The second kappa shape index (κ2) is 17.6. The molecule has 0 aliphatic carbocycles. The Kier molecular flexibility index (Phi) is 19.0. The van der Waals surface area contributed by atoms with Gasteiger partial charge in [-0.25, -0.2) is 8.42 Å². The first-order valence-electron chi connectivity index (χ1n) is 8.82. The Morgan fingerprint density at radius 3 is 1.92 bits per heavy atom. The molecule has 0 saturated carbocycles. The van der Waals surface area contributed by atoms with Gasteiger partial charge in [0.1, 0.15) is 0 Å². The van der Waals surface area contributed by atoms with E-state index in [0.29, 0.717) is 6.42 Å². The predicted octanol–water partition coefficient (Wildman–Crippen LogP) is 3.03. The van der Waals surface area contributed by atoms with Crippen LogP contribution in [0.4, 0.5) is 0 Å². The summed E-state index contributed by atoms with van der Waals surface area (Å²) in [5.74, 6) is 0. The molecule has 7 nitrogen and oxygen atoms in total. The highest BCUT2D eigenvalue weighted by Gasteiger charge is 2.13. The Balaban J connectivity index is 0. The van der Waals surface area contributed by atoms with Crippen molar-refractivity contribution in [1.82, 2.24) is 0 Å². The average Bonchev–Trinajstić information content (AvgIpc) is 2.47. The zero-order valence-electron chi connectivity index (χ0n) is 14.8. The van der Waals surface area contributed by atoms with Crippen molar-refractivity contribution in [2.45, 2.75) is 83.7 Å². The minimum Gasteiger partial charge on any atom is -2.00 e. The van der Waals surface area contributed by atoms with Crippen LogP contribution in [0.25, 0.3) is 0 Å². The Hall–Kier alpha value is -0.250. The molecule has 1 N–H and O–H groups in total. The van der Waals surface area contributed by atoms with Gasteiger partial charge in [-0.1, -0.05) is 71.1 Å². The van der Waals surface area contributed by atoms with Crippen LogP contribution in [-0.4, -0.2) is 44.0 Å². The van der Waals surface area contributed by atoms with Crippen LogP contribution >= 0.6 is 0 Å². The number of aliphatic hydroxyl groups excluding tert-OH is 1. The second-order valence-corrected chi connectivity index (χ2v) is 6.90. The molecule has 0 heterocycles. The van der Waals surface area contributed by atoms with Gasteiger partial charge in [-0.05, 0) is 6.42 Å². The molecule has 0 bridgehead atoms. The predicted molar refractivity (Wildman–Crippen MR) is 89.6 cm³/mol. The third kappa shape index (κ3) is 19.8. The molecule has 0 radical (unpaired) electrons. The van der Waals surface area contributed by atoms with Gasteiger partial charge in [0.2, 0.25) is 10.4 Å². The van der Waals surface area contributed by atoms with E-state index >= 15 is 0 Å². The van der Waals surface area contributed by atoms with Gasteiger partial charge in [-0.3, -0.25) is 4.18 Å². The molecule has 0 amide bonds. The van der Waals surface area contributed by atoms with Gasteiger partial charge in [0, 0.05) is 0 Å². The number of ether oxygens (including phenoxy) is 1. The molecule has 0 spiro atoms. The van der Waals surface area contributed by atoms with E-state index in [-0.39, 0.29) is 25.3 Å². The molecule has 0 rings (SSSR count). The van der Waals surface area contributed by atoms with Gasteiger partial charge in [0.15, 0.2) is 0 Å². The van der Waals surface area contributed by atoms with Crippen molar-refractivity contribution in [2.75, 3.05) is 19.8 Å². The van der Waals surface area contributed by atoms with Crippen LogP contribution in [-0.2, 0) is 24.8 Å². The minimum atomic E-state index is -4.72. The minimum absolute atomic E-state index is 0. The van der Waals surface area contributed by atoms with E-state index in [9.17, 15) is 13.0 Å². The maximum atomic E-state index is 10.7. The van der Waals surface area contributed by atoms with Gasteiger partial charge in [-0.15, -0.1) is 0 Å². The highest BCUT2D eigenvalue weighted by Crippen LogP contribution is 2.14. The summed E-state index contributed by atoms with van der Waals surface area (Å²) in [5, 5.41) is 8.63. The molecular weight excluding hydrogens is 336 g/mol. The van der Waals surface area contributed by atoms with Crippen LogP contribution in [0.2, 0.25) is 0 Å². The largest absolute Gasteiger partial charge is 2.00 e. The lowest BCUT2D eigenvalue weighted by Crippen LogP contribution is -2.24. The summed E-state index contributed by atoms with van der Waals surface area (Å²) < 4.78 is 41.6. The smallest absolute Gasteiger partial charge is 0.217 e. The van der Waals surface area contributed by atoms with Crippen molar-refractivity contribution >= 4 is 10.4 Å². The molecule has 0 aliphatic heterocycles. The highest BCUT2D eigenvalue weighted by molar-refractivity contribution is 7.80. The fourth-order valence-electron chi connectivity index (χ4n) is 2.46. The Bertz CT molecular complexity index is 346. The third-order valence-electron chi connectivity index (χ3n) is 3.67. The van der Waals surface area contributed by atoms with Crippen LogP contribution in [0.3, 0.4) is 0 Å². The van der Waals surface area contributed by atoms with Crippen molar-refractivity contribution in [3.8, 4) is 0 Å². The van der Waals surface area contributed by atoms with E-state index in [0.717, 1.165) is 19.3 Å². The maximum Gasteiger partial charge on any atom is 0.217 e. The summed E-state index contributed by atoms with van der Waals surface area (Å²) in [4.78, 5) is 0. The Labute approximate surface area is 147 Å². The number of hydrogen-bond acceptors (Lipinski definition) is 6. The second-order valence-electron chi connectivity index (χ2n) is 5.90. The highest BCUT2D eigenvalue weighted by atomic mass is 32.3. The summed E-state index contributed by atoms with van der Waals surface area (Å²) in [7, 11) is -4.72. The molecule has 24 heavy (non-hydrogen) atoms. The Morgan fingerprint density at radius 2 is 1.46 bits per heavy atom. The fourth-order valence-corrected chi connectivity index (χ4v) is 2.95. The number of unbranched alkanes of at least 4 members (excludes halogenated alkanes) is 9. The normalized spacial score (nSPS) is 12.8. The average molecular weight is 370 g/mol. The molecule has 0 saturated heterocycles. The van der Waals surface area contributed by atoms with Crippen LogP contribution in [0.1, 0.15) is 77.6 Å². The summed E-state index contributed by atoms with van der Waals surface area (Å²) in [6.07, 6.45) is 11.6. The topological polar surface area (TPSA) is 124 Å². The van der Waals surface area contributed by atoms with Crippen molar-refractivity contribution in [3.05, 3.63) is 0 Å². The van der Waals surface area contributed by atoms with Gasteiger partial charge in [0.05, 0.1) is 25.9 Å². The van der Waals surface area contributed by atoms with Crippen molar-refractivity contribution in [3.63, 3.8) is 0 Å². The van der Waals surface area contributed by atoms with Crippen LogP contribution in [0.5, 0.6) is 0 Å². The molecular formula is C16H33O7S-3. The summed E-state index contributed by atoms with van der Waals surface area (Å²) in [5.41, 5.74) is 0. The molecule has 0 aliphatic rings. The van der Waals surface area contributed by atoms with Crippen molar-refractivity contribution in [1.29, 1.82) is 0 Å². The summed E-state index contributed by atoms with van der Waals surface area (Å²) >= 11 is 0. The fraction of sp³-hybridized carbons (Fsp3) is 1.00. The van der Waals surface area contributed by atoms with Crippen LogP contribution in [0.15, 0.2) is 0 Å². The first kappa shape index (κ1) is 26.0. The molecule has 1 unspecified atom stereocenters. The standard InChI is InChI=1S/C16H34O6S.O/c1-2-3-4-5-6-7-8-9-10-11-12-16(15-21-14-13-17)22-23(18,19)20;/h16-17H,2-15H2,1H3,(H,18,19,20);/q;-2/p-1. The number of rotatable bonds is 17. The van der Waals surface area contributed by atoms with Gasteiger partial charge in [-0.2, -0.15) is 0 Å². The van der Waals surface area contributed by atoms with E-state index in [4.69, 9.17) is 9.84 Å². The molecule has 0 fully saturated rings. The lowest BCUT2D eigenvalue weighted by atomic mass is 10.0. The lowest BCUT2D eigenvalue weighted by molar-refractivity contribution is 0.0256. The van der Waals surface area contributed by atoms with Crippen LogP contribution < -0.4 is 0 Å². The lowest BCUT2D eigenvalue weighted by Gasteiger charge is -2.19. The molecule has 1 atom stereocenters. The monoisotopic (exact) mass is 369 g/mol. The molecule has 148 valence electrons. The van der Waals surface area contributed by atoms with E-state index in [1.54, 1.807) is 0 Å². The van der Waals surface area contributed by atoms with Crippen molar-refractivity contribution < 1.29 is 32.5 Å². The maximum absolute atomic E-state index is 10.7. The first-order chi connectivity index (χ1) is 11.0. The quantitative estimate of drug-likeness (QED) is 0.239. The number of hydrogen-bond donors (Lipinski definition) is 1. The third-order valence-corrected chi connectivity index (χ3v) is 4.18. The van der Waals surface area contributed by atoms with E-state index in [2.05, 4.69) is 11.1 Å². The zero-order chi connectivity index (χ0) is 17.4. The Morgan fingerprint density at radius 1 is 0.958 bits per heavy atom. The zero-order valence-corrected chi connectivity index (χ0v) is 15.6. The van der Waals surface area contributed by atoms with Gasteiger partial charge < -0.3 is 19.9 Å². The first-order valence-corrected chi connectivity index (χ1v) is 10.2. The van der Waals surface area contributed by atoms with E-state index in [1.165, 1.54) is 44.9 Å². The summed E-state index contributed by atoms with van der Waals surface area (Å²) in [6, 6.07) is 0. The molecule has 8 heteroatoms. The molecule has 0 aromatic heterocycles. The summed E-state index contributed by atoms with van der Waals surface area (Å²) in [6.45, 7) is 2.19. The van der Waals surface area contributed by atoms with Gasteiger partial charge >= 0.3 is 0 Å². The van der Waals surface area contributed by atoms with Crippen molar-refractivity contribution in [2.24, 2.45) is 0 Å². The molecule has 0 aromatic carbocycles.